The maximum atomic E-state index is 11.5. The summed E-state index contributed by atoms with van der Waals surface area (Å²) >= 11 is 4.86. The molecule has 1 aromatic heterocycles. The van der Waals surface area contributed by atoms with Gasteiger partial charge in [-0.2, -0.15) is 0 Å². The predicted octanol–water partition coefficient (Wildman–Crippen LogP) is 0.975. The van der Waals surface area contributed by atoms with Gasteiger partial charge in [0.2, 0.25) is 0 Å². The largest absolute Gasteiger partial charge is 0.328 e. The maximum Gasteiger partial charge on any atom is 0.273 e. The molecule has 0 aliphatic carbocycles. The molecule has 1 amide bonds. The van der Waals surface area contributed by atoms with E-state index < -0.39 is 0 Å². The summed E-state index contributed by atoms with van der Waals surface area (Å²) in [6, 6.07) is 5.60. The number of rotatable bonds is 1. The van der Waals surface area contributed by atoms with E-state index in [0.717, 1.165) is 16.6 Å². The molecule has 1 aromatic carbocycles. The van der Waals surface area contributed by atoms with Crippen LogP contribution in [0.25, 0.3) is 17.1 Å². The minimum Gasteiger partial charge on any atom is -0.328 e. The van der Waals surface area contributed by atoms with E-state index in [1.54, 1.807) is 18.5 Å². The second-order valence-corrected chi connectivity index (χ2v) is 4.18. The molecule has 0 bridgehead atoms. The standard InChI is InChI=1S/C12H8N4OS/c17-11-10(15-12(18)16-11)6-7-1-2-8-9(5-7)14-4-3-13-8/h1-6H,(H2,15,16,17,18)/b10-6-. The number of carbonyl (C=O) groups excluding carboxylic acids is 1. The number of benzene rings is 1. The van der Waals surface area contributed by atoms with Gasteiger partial charge in [-0.25, -0.2) is 0 Å². The number of aromatic nitrogens is 2. The molecule has 1 aliphatic rings. The van der Waals surface area contributed by atoms with Crippen molar-refractivity contribution in [2.45, 2.75) is 0 Å². The number of carbonyl (C=O) groups is 1. The Kier molecular flexibility index (Phi) is 2.49. The van der Waals surface area contributed by atoms with Crippen LogP contribution in [0, 0.1) is 0 Å². The van der Waals surface area contributed by atoms with E-state index in [4.69, 9.17) is 12.2 Å². The van der Waals surface area contributed by atoms with Crippen LogP contribution in [0.3, 0.4) is 0 Å². The molecular weight excluding hydrogens is 248 g/mol. The molecule has 0 unspecified atom stereocenters. The molecule has 1 aliphatic heterocycles. The van der Waals surface area contributed by atoms with E-state index >= 15 is 0 Å². The lowest BCUT2D eigenvalue weighted by Gasteiger charge is -1.99. The van der Waals surface area contributed by atoms with Crippen molar-refractivity contribution in [2.75, 3.05) is 0 Å². The number of nitrogens with zero attached hydrogens (tertiary/aromatic N) is 2. The van der Waals surface area contributed by atoms with Gasteiger partial charge in [-0.05, 0) is 36.0 Å². The Balaban J connectivity index is 2.02. The molecule has 1 saturated heterocycles. The van der Waals surface area contributed by atoms with Gasteiger partial charge in [0.15, 0.2) is 5.11 Å². The van der Waals surface area contributed by atoms with Crippen LogP contribution in [0.4, 0.5) is 0 Å². The fourth-order valence-electron chi connectivity index (χ4n) is 1.72. The van der Waals surface area contributed by atoms with Gasteiger partial charge in [-0.1, -0.05) is 6.07 Å². The van der Waals surface area contributed by atoms with Gasteiger partial charge in [0.1, 0.15) is 5.70 Å². The number of amides is 1. The van der Waals surface area contributed by atoms with Gasteiger partial charge < -0.3 is 5.32 Å². The van der Waals surface area contributed by atoms with Gasteiger partial charge in [0.05, 0.1) is 11.0 Å². The average Bonchev–Trinajstić information content (AvgIpc) is 2.68. The second kappa shape index (κ2) is 4.15. The average molecular weight is 256 g/mol. The summed E-state index contributed by atoms with van der Waals surface area (Å²) in [6.45, 7) is 0. The van der Waals surface area contributed by atoms with E-state index in [2.05, 4.69) is 20.6 Å². The molecule has 2 N–H and O–H groups in total. The molecule has 1 fully saturated rings. The zero-order valence-corrected chi connectivity index (χ0v) is 9.99. The van der Waals surface area contributed by atoms with Crippen molar-refractivity contribution in [2.24, 2.45) is 0 Å². The van der Waals surface area contributed by atoms with Gasteiger partial charge in [-0.3, -0.25) is 20.1 Å². The van der Waals surface area contributed by atoms with Crippen LogP contribution in [0.5, 0.6) is 0 Å². The first kappa shape index (κ1) is 10.8. The van der Waals surface area contributed by atoms with Crippen LogP contribution < -0.4 is 10.6 Å². The Labute approximate surface area is 108 Å². The number of fused-ring (bicyclic) bond motifs is 1. The lowest BCUT2D eigenvalue weighted by atomic mass is 10.1. The predicted molar refractivity (Wildman–Crippen MR) is 71.4 cm³/mol. The molecule has 88 valence electrons. The summed E-state index contributed by atoms with van der Waals surface area (Å²) in [5, 5.41) is 5.63. The fourth-order valence-corrected chi connectivity index (χ4v) is 1.92. The third kappa shape index (κ3) is 1.93. The summed E-state index contributed by atoms with van der Waals surface area (Å²) in [5.41, 5.74) is 2.90. The summed E-state index contributed by atoms with van der Waals surface area (Å²) < 4.78 is 0. The molecule has 0 spiro atoms. The van der Waals surface area contributed by atoms with Crippen LogP contribution >= 0.6 is 12.2 Å². The first-order valence-corrected chi connectivity index (χ1v) is 5.68. The van der Waals surface area contributed by atoms with E-state index in [0.29, 0.717) is 10.8 Å². The zero-order chi connectivity index (χ0) is 12.5. The molecule has 0 saturated carbocycles. The highest BCUT2D eigenvalue weighted by Gasteiger charge is 2.19. The third-order valence-electron chi connectivity index (χ3n) is 2.52. The summed E-state index contributed by atoms with van der Waals surface area (Å²) in [5.74, 6) is -0.223. The fraction of sp³-hybridized carbons (Fsp3) is 0. The van der Waals surface area contributed by atoms with Crippen molar-refractivity contribution in [3.05, 3.63) is 41.9 Å². The monoisotopic (exact) mass is 256 g/mol. The molecule has 18 heavy (non-hydrogen) atoms. The Morgan fingerprint density at radius 1 is 1.11 bits per heavy atom. The molecular formula is C12H8N4OS. The molecule has 5 nitrogen and oxygen atoms in total. The minimum atomic E-state index is -0.223. The van der Waals surface area contributed by atoms with Gasteiger partial charge in [-0.15, -0.1) is 0 Å². The molecule has 2 aromatic rings. The Morgan fingerprint density at radius 2 is 1.89 bits per heavy atom. The summed E-state index contributed by atoms with van der Waals surface area (Å²) in [6.07, 6.45) is 5.00. The van der Waals surface area contributed by atoms with Crippen molar-refractivity contribution in [3.8, 4) is 0 Å². The van der Waals surface area contributed by atoms with Crippen molar-refractivity contribution >= 4 is 40.3 Å². The first-order chi connectivity index (χ1) is 8.72. The number of nitrogens with one attached hydrogen (secondary N) is 2. The maximum absolute atomic E-state index is 11.5. The van der Waals surface area contributed by atoms with E-state index in [-0.39, 0.29) is 5.91 Å². The summed E-state index contributed by atoms with van der Waals surface area (Å²) in [7, 11) is 0. The minimum absolute atomic E-state index is 0.223. The first-order valence-electron chi connectivity index (χ1n) is 5.27. The Morgan fingerprint density at radius 3 is 2.61 bits per heavy atom. The lowest BCUT2D eigenvalue weighted by Crippen LogP contribution is -2.21. The van der Waals surface area contributed by atoms with E-state index in [1.807, 2.05) is 18.2 Å². The second-order valence-electron chi connectivity index (χ2n) is 3.77. The van der Waals surface area contributed by atoms with Crippen molar-refractivity contribution < 1.29 is 4.79 Å². The zero-order valence-electron chi connectivity index (χ0n) is 9.18. The Hall–Kier alpha value is -2.34. The quantitative estimate of drug-likeness (QED) is 0.588. The topological polar surface area (TPSA) is 66.9 Å². The highest BCUT2D eigenvalue weighted by molar-refractivity contribution is 7.80. The van der Waals surface area contributed by atoms with Crippen molar-refractivity contribution in [1.82, 2.24) is 20.6 Å². The van der Waals surface area contributed by atoms with Gasteiger partial charge in [0, 0.05) is 12.4 Å². The normalized spacial score (nSPS) is 17.0. The highest BCUT2D eigenvalue weighted by Crippen LogP contribution is 2.14. The van der Waals surface area contributed by atoms with Gasteiger partial charge in [0.25, 0.3) is 5.91 Å². The highest BCUT2D eigenvalue weighted by atomic mass is 32.1. The van der Waals surface area contributed by atoms with Gasteiger partial charge >= 0.3 is 0 Å². The molecule has 0 atom stereocenters. The number of hydrogen-bond acceptors (Lipinski definition) is 4. The Bertz CT molecular complexity index is 695. The SMILES string of the molecule is O=C1NC(=S)N/C1=C\c1ccc2nccnc2c1. The van der Waals surface area contributed by atoms with Crippen molar-refractivity contribution in [3.63, 3.8) is 0 Å². The van der Waals surface area contributed by atoms with E-state index in [1.165, 1.54) is 0 Å². The smallest absolute Gasteiger partial charge is 0.273 e. The van der Waals surface area contributed by atoms with Crippen LogP contribution in [-0.4, -0.2) is 21.0 Å². The molecule has 3 rings (SSSR count). The molecule has 2 heterocycles. The number of thiocarbonyl (C=S) groups is 1. The van der Waals surface area contributed by atoms with Crippen LogP contribution in [0.2, 0.25) is 0 Å². The van der Waals surface area contributed by atoms with Crippen LogP contribution in [-0.2, 0) is 4.79 Å². The van der Waals surface area contributed by atoms with Crippen molar-refractivity contribution in [1.29, 1.82) is 0 Å². The lowest BCUT2D eigenvalue weighted by molar-refractivity contribution is -0.115. The third-order valence-corrected chi connectivity index (χ3v) is 2.73. The molecule has 0 radical (unpaired) electrons. The van der Waals surface area contributed by atoms with Crippen LogP contribution in [0.1, 0.15) is 5.56 Å². The molecule has 6 heteroatoms. The number of hydrogen-bond donors (Lipinski definition) is 2. The summed E-state index contributed by atoms with van der Waals surface area (Å²) in [4.78, 5) is 19.9. The van der Waals surface area contributed by atoms with E-state index in [9.17, 15) is 4.79 Å². The van der Waals surface area contributed by atoms with Crippen LogP contribution in [0.15, 0.2) is 36.3 Å².